The predicted molar refractivity (Wildman–Crippen MR) is 122 cm³/mol. The Balaban J connectivity index is 2.37. The minimum atomic E-state index is -3.53. The van der Waals surface area contributed by atoms with Gasteiger partial charge in [-0.05, 0) is 62.8 Å². The molecule has 0 saturated heterocycles. The molecule has 0 amide bonds. The number of nitrogens with one attached hydrogen (secondary N) is 1. The molecule has 0 atom stereocenters. The van der Waals surface area contributed by atoms with Gasteiger partial charge in [0.05, 0.1) is 4.90 Å². The summed E-state index contributed by atoms with van der Waals surface area (Å²) in [6.45, 7) is 10.6. The molecule has 2 aromatic rings. The standard InChI is InChI=1S/C21H29N3O2S2/c1-6-23(7-2)28(25,26)19-14-13-17(5)20(15-19)22-21(27)24(16(3)4)18-11-9-8-10-12-18/h8-16H,6-7H2,1-5H3,(H,22,27). The van der Waals surface area contributed by atoms with Gasteiger partial charge in [0.25, 0.3) is 0 Å². The second kappa shape index (κ2) is 9.49. The third kappa shape index (κ3) is 4.90. The third-order valence-electron chi connectivity index (χ3n) is 4.56. The van der Waals surface area contributed by atoms with Crippen LogP contribution in [0.15, 0.2) is 53.4 Å². The van der Waals surface area contributed by atoms with Crippen molar-refractivity contribution in [1.29, 1.82) is 0 Å². The van der Waals surface area contributed by atoms with Crippen molar-refractivity contribution in [2.24, 2.45) is 0 Å². The fraction of sp³-hybridized carbons (Fsp3) is 0.381. The number of para-hydroxylation sites is 1. The molecule has 0 bridgehead atoms. The van der Waals surface area contributed by atoms with Gasteiger partial charge in [0.1, 0.15) is 0 Å². The van der Waals surface area contributed by atoms with Crippen LogP contribution in [0.1, 0.15) is 33.3 Å². The Hall–Kier alpha value is -1.96. The summed E-state index contributed by atoms with van der Waals surface area (Å²) in [6, 6.07) is 15.2. The van der Waals surface area contributed by atoms with Crippen LogP contribution in [-0.2, 0) is 10.0 Å². The van der Waals surface area contributed by atoms with E-state index in [2.05, 4.69) is 19.2 Å². The summed E-state index contributed by atoms with van der Waals surface area (Å²) in [5.41, 5.74) is 2.61. The van der Waals surface area contributed by atoms with Gasteiger partial charge in [-0.1, -0.05) is 38.1 Å². The van der Waals surface area contributed by atoms with Crippen LogP contribution >= 0.6 is 12.2 Å². The van der Waals surface area contributed by atoms with Crippen molar-refractivity contribution in [2.75, 3.05) is 23.3 Å². The third-order valence-corrected chi connectivity index (χ3v) is 6.91. The predicted octanol–water partition coefficient (Wildman–Crippen LogP) is 4.64. The number of benzene rings is 2. The quantitative estimate of drug-likeness (QED) is 0.663. The summed E-state index contributed by atoms with van der Waals surface area (Å²) >= 11 is 5.66. The van der Waals surface area contributed by atoms with Gasteiger partial charge in [-0.3, -0.25) is 0 Å². The summed E-state index contributed by atoms with van der Waals surface area (Å²) in [7, 11) is -3.53. The molecule has 0 aromatic heterocycles. The van der Waals surface area contributed by atoms with Crippen LogP contribution in [0.2, 0.25) is 0 Å². The number of thiocarbonyl (C=S) groups is 1. The van der Waals surface area contributed by atoms with Crippen LogP contribution in [0, 0.1) is 6.92 Å². The number of sulfonamides is 1. The Kier molecular flexibility index (Phi) is 7.57. The van der Waals surface area contributed by atoms with Gasteiger partial charge in [-0.15, -0.1) is 0 Å². The van der Waals surface area contributed by atoms with Crippen LogP contribution in [0.5, 0.6) is 0 Å². The van der Waals surface area contributed by atoms with Crippen molar-refractivity contribution in [3.8, 4) is 0 Å². The van der Waals surface area contributed by atoms with E-state index < -0.39 is 10.0 Å². The van der Waals surface area contributed by atoms with E-state index in [0.717, 1.165) is 11.3 Å². The maximum absolute atomic E-state index is 12.9. The molecule has 5 nitrogen and oxygen atoms in total. The van der Waals surface area contributed by atoms with E-state index >= 15 is 0 Å². The fourth-order valence-corrected chi connectivity index (χ4v) is 4.93. The van der Waals surface area contributed by atoms with E-state index in [4.69, 9.17) is 12.2 Å². The van der Waals surface area contributed by atoms with Gasteiger partial charge in [-0.2, -0.15) is 4.31 Å². The van der Waals surface area contributed by atoms with Crippen LogP contribution in [0.4, 0.5) is 11.4 Å². The maximum atomic E-state index is 12.9. The van der Waals surface area contributed by atoms with Gasteiger partial charge in [0.2, 0.25) is 10.0 Å². The molecular weight excluding hydrogens is 390 g/mol. The first-order valence-electron chi connectivity index (χ1n) is 9.48. The highest BCUT2D eigenvalue weighted by atomic mass is 32.2. The number of hydrogen-bond donors (Lipinski definition) is 1. The molecule has 0 aliphatic heterocycles. The lowest BCUT2D eigenvalue weighted by atomic mass is 10.2. The normalized spacial score (nSPS) is 11.7. The van der Waals surface area contributed by atoms with Gasteiger partial charge in [0, 0.05) is 30.5 Å². The van der Waals surface area contributed by atoms with Gasteiger partial charge >= 0.3 is 0 Å². The highest BCUT2D eigenvalue weighted by molar-refractivity contribution is 7.89. The van der Waals surface area contributed by atoms with Crippen molar-refractivity contribution in [3.63, 3.8) is 0 Å². The van der Waals surface area contributed by atoms with Crippen molar-refractivity contribution in [1.82, 2.24) is 4.31 Å². The van der Waals surface area contributed by atoms with E-state index in [-0.39, 0.29) is 10.9 Å². The average Bonchev–Trinajstić information content (AvgIpc) is 2.65. The van der Waals surface area contributed by atoms with Crippen molar-refractivity contribution < 1.29 is 8.42 Å². The summed E-state index contributed by atoms with van der Waals surface area (Å²) in [5.74, 6) is 0. The largest absolute Gasteiger partial charge is 0.332 e. The number of nitrogens with zero attached hydrogens (tertiary/aromatic N) is 2. The first-order valence-corrected chi connectivity index (χ1v) is 11.3. The summed E-state index contributed by atoms with van der Waals surface area (Å²) in [5, 5.41) is 3.78. The summed E-state index contributed by atoms with van der Waals surface area (Å²) < 4.78 is 27.2. The topological polar surface area (TPSA) is 52.7 Å². The maximum Gasteiger partial charge on any atom is 0.243 e. The van der Waals surface area contributed by atoms with Gasteiger partial charge in [0.15, 0.2) is 5.11 Å². The smallest absolute Gasteiger partial charge is 0.243 e. The molecule has 0 unspecified atom stereocenters. The Bertz CT molecular complexity index is 909. The highest BCUT2D eigenvalue weighted by Gasteiger charge is 2.23. The fourth-order valence-electron chi connectivity index (χ4n) is 3.02. The lowest BCUT2D eigenvalue weighted by Gasteiger charge is -2.30. The Morgan fingerprint density at radius 1 is 1.07 bits per heavy atom. The zero-order valence-corrected chi connectivity index (χ0v) is 18.8. The molecule has 0 fully saturated rings. The van der Waals surface area contributed by atoms with Crippen LogP contribution in [0.3, 0.4) is 0 Å². The van der Waals surface area contributed by atoms with Crippen LogP contribution in [0.25, 0.3) is 0 Å². The molecule has 0 heterocycles. The van der Waals surface area contributed by atoms with E-state index in [1.54, 1.807) is 12.1 Å². The molecule has 0 aliphatic rings. The first kappa shape index (κ1) is 22.3. The van der Waals surface area contributed by atoms with Crippen LogP contribution < -0.4 is 10.2 Å². The Morgan fingerprint density at radius 2 is 1.68 bits per heavy atom. The minimum absolute atomic E-state index is 0.144. The minimum Gasteiger partial charge on any atom is -0.332 e. The van der Waals surface area contributed by atoms with Crippen LogP contribution in [-0.4, -0.2) is 37.0 Å². The van der Waals surface area contributed by atoms with E-state index in [0.29, 0.717) is 23.9 Å². The molecule has 2 rings (SSSR count). The molecule has 0 radical (unpaired) electrons. The highest BCUT2D eigenvalue weighted by Crippen LogP contribution is 2.25. The molecule has 28 heavy (non-hydrogen) atoms. The average molecular weight is 420 g/mol. The van der Waals surface area contributed by atoms with E-state index in [1.165, 1.54) is 4.31 Å². The molecule has 0 aliphatic carbocycles. The van der Waals surface area contributed by atoms with Gasteiger partial charge < -0.3 is 10.2 Å². The molecule has 1 N–H and O–H groups in total. The Morgan fingerprint density at radius 3 is 2.21 bits per heavy atom. The molecule has 0 saturated carbocycles. The summed E-state index contributed by atoms with van der Waals surface area (Å²) in [4.78, 5) is 2.28. The van der Waals surface area contributed by atoms with E-state index in [9.17, 15) is 8.42 Å². The van der Waals surface area contributed by atoms with Crippen molar-refractivity contribution >= 4 is 38.7 Å². The number of anilines is 2. The lowest BCUT2D eigenvalue weighted by Crippen LogP contribution is -2.40. The lowest BCUT2D eigenvalue weighted by molar-refractivity contribution is 0.445. The Labute approximate surface area is 174 Å². The molecule has 7 heteroatoms. The molecular formula is C21H29N3O2S2. The zero-order chi connectivity index (χ0) is 20.9. The monoisotopic (exact) mass is 419 g/mol. The van der Waals surface area contributed by atoms with E-state index in [1.807, 2.05) is 62.1 Å². The van der Waals surface area contributed by atoms with Gasteiger partial charge in [-0.25, -0.2) is 8.42 Å². The second-order valence-electron chi connectivity index (χ2n) is 6.80. The first-order chi connectivity index (χ1) is 13.2. The molecule has 2 aromatic carbocycles. The molecule has 152 valence electrons. The SMILES string of the molecule is CCN(CC)S(=O)(=O)c1ccc(C)c(NC(=S)N(c2ccccc2)C(C)C)c1. The number of rotatable bonds is 7. The molecule has 0 spiro atoms. The second-order valence-corrected chi connectivity index (χ2v) is 9.12. The number of hydrogen-bond acceptors (Lipinski definition) is 3. The number of aryl methyl sites for hydroxylation is 1. The zero-order valence-electron chi connectivity index (χ0n) is 17.1. The van der Waals surface area contributed by atoms with Crippen molar-refractivity contribution in [3.05, 3.63) is 54.1 Å². The summed E-state index contributed by atoms with van der Waals surface area (Å²) in [6.07, 6.45) is 0. The van der Waals surface area contributed by atoms with Crippen molar-refractivity contribution in [2.45, 2.75) is 45.6 Å².